The van der Waals surface area contributed by atoms with E-state index in [1.54, 1.807) is 18.2 Å². The number of hydrogen-bond donors (Lipinski definition) is 2. The van der Waals surface area contributed by atoms with Gasteiger partial charge in [0.15, 0.2) is 0 Å². The van der Waals surface area contributed by atoms with E-state index in [2.05, 4.69) is 26.6 Å². The van der Waals surface area contributed by atoms with Crippen LogP contribution in [0.25, 0.3) is 0 Å². The molecule has 0 radical (unpaired) electrons. The number of benzene rings is 1. The summed E-state index contributed by atoms with van der Waals surface area (Å²) in [5, 5.41) is 14.4. The number of carbonyl (C=O) groups excluding carboxylic acids is 1. The lowest BCUT2D eigenvalue weighted by molar-refractivity contribution is -0.115. The summed E-state index contributed by atoms with van der Waals surface area (Å²) in [6.45, 7) is 2.97. The maximum atomic E-state index is 11.4. The second kappa shape index (κ2) is 6.26. The smallest absolute Gasteiger partial charge is 0.238 e. The molecule has 0 bridgehead atoms. The Balaban J connectivity index is 2.68. The first kappa shape index (κ1) is 12.7. The van der Waals surface area contributed by atoms with Crippen molar-refractivity contribution in [1.82, 2.24) is 5.32 Å². The minimum absolute atomic E-state index is 0.104. The van der Waals surface area contributed by atoms with Crippen LogP contribution in [-0.4, -0.2) is 19.0 Å². The molecule has 4 nitrogen and oxygen atoms in total. The molecule has 2 N–H and O–H groups in total. The highest BCUT2D eigenvalue weighted by Crippen LogP contribution is 2.23. The number of halogens is 1. The third-order valence-corrected chi connectivity index (χ3v) is 2.56. The number of hydrogen-bond acceptors (Lipinski definition) is 3. The molecular weight excluding hydrogens is 270 g/mol. The summed E-state index contributed by atoms with van der Waals surface area (Å²) in [4.78, 5) is 11.4. The normalized spacial score (nSPS) is 9.56. The molecule has 0 saturated heterocycles. The first-order valence-electron chi connectivity index (χ1n) is 4.87. The molecule has 0 aliphatic rings. The average molecular weight is 282 g/mol. The van der Waals surface area contributed by atoms with Crippen LogP contribution >= 0.6 is 15.9 Å². The Hall–Kier alpha value is -1.38. The van der Waals surface area contributed by atoms with Gasteiger partial charge < -0.3 is 10.6 Å². The number of nitrogens with one attached hydrogen (secondary N) is 2. The summed E-state index contributed by atoms with van der Waals surface area (Å²) in [5.74, 6) is -0.104. The summed E-state index contributed by atoms with van der Waals surface area (Å²) in [6.07, 6.45) is 0. The Labute approximate surface area is 103 Å². The van der Waals surface area contributed by atoms with Crippen LogP contribution in [0.3, 0.4) is 0 Å². The Bertz CT molecular complexity index is 426. The maximum Gasteiger partial charge on any atom is 0.238 e. The standard InChI is InChI=1S/C11H12BrN3O/c1-2-14-7-11(16)15-10-4-3-8(6-13)5-9(10)12/h3-5,14H,2,7H2,1H3,(H,15,16). The molecule has 0 aliphatic carbocycles. The zero-order valence-electron chi connectivity index (χ0n) is 8.88. The highest BCUT2D eigenvalue weighted by atomic mass is 79.9. The number of rotatable bonds is 4. The van der Waals surface area contributed by atoms with Gasteiger partial charge >= 0.3 is 0 Å². The van der Waals surface area contributed by atoms with E-state index in [-0.39, 0.29) is 12.5 Å². The lowest BCUT2D eigenvalue weighted by Gasteiger charge is -2.07. The van der Waals surface area contributed by atoms with Crippen molar-refractivity contribution in [2.75, 3.05) is 18.4 Å². The first-order valence-corrected chi connectivity index (χ1v) is 5.67. The fourth-order valence-corrected chi connectivity index (χ4v) is 1.60. The van der Waals surface area contributed by atoms with E-state index >= 15 is 0 Å². The van der Waals surface area contributed by atoms with Crippen LogP contribution in [-0.2, 0) is 4.79 Å². The van der Waals surface area contributed by atoms with E-state index in [9.17, 15) is 4.79 Å². The minimum Gasteiger partial charge on any atom is -0.324 e. The topological polar surface area (TPSA) is 64.9 Å². The molecule has 0 fully saturated rings. The van der Waals surface area contributed by atoms with Crippen molar-refractivity contribution in [3.8, 4) is 6.07 Å². The molecule has 84 valence electrons. The summed E-state index contributed by atoms with van der Waals surface area (Å²) in [6, 6.07) is 7.06. The predicted molar refractivity (Wildman–Crippen MR) is 66.0 cm³/mol. The van der Waals surface area contributed by atoms with Crippen molar-refractivity contribution in [3.05, 3.63) is 28.2 Å². The summed E-state index contributed by atoms with van der Waals surface area (Å²) in [7, 11) is 0. The maximum absolute atomic E-state index is 11.4. The zero-order chi connectivity index (χ0) is 12.0. The van der Waals surface area contributed by atoms with Crippen LogP contribution in [0.1, 0.15) is 12.5 Å². The first-order chi connectivity index (χ1) is 7.67. The van der Waals surface area contributed by atoms with Crippen LogP contribution in [0, 0.1) is 11.3 Å². The van der Waals surface area contributed by atoms with E-state index in [4.69, 9.17) is 5.26 Å². The van der Waals surface area contributed by atoms with Gasteiger partial charge in [-0.25, -0.2) is 0 Å². The molecule has 5 heteroatoms. The van der Waals surface area contributed by atoms with E-state index in [0.717, 1.165) is 6.54 Å². The van der Waals surface area contributed by atoms with E-state index in [1.807, 2.05) is 13.0 Å². The van der Waals surface area contributed by atoms with E-state index < -0.39 is 0 Å². The highest BCUT2D eigenvalue weighted by Gasteiger charge is 2.05. The third-order valence-electron chi connectivity index (χ3n) is 1.91. The van der Waals surface area contributed by atoms with Gasteiger partial charge in [0.1, 0.15) is 0 Å². The van der Waals surface area contributed by atoms with Crippen LogP contribution < -0.4 is 10.6 Å². The Morgan fingerprint density at radius 2 is 2.31 bits per heavy atom. The Kier molecular flexibility index (Phi) is 4.96. The van der Waals surface area contributed by atoms with Gasteiger partial charge in [-0.1, -0.05) is 6.92 Å². The van der Waals surface area contributed by atoms with Gasteiger partial charge in [0.05, 0.1) is 23.9 Å². The van der Waals surface area contributed by atoms with Gasteiger partial charge in [-0.2, -0.15) is 5.26 Å². The molecule has 0 aliphatic heterocycles. The molecular formula is C11H12BrN3O. The lowest BCUT2D eigenvalue weighted by atomic mass is 10.2. The van der Waals surface area contributed by atoms with Gasteiger partial charge in [-0.15, -0.1) is 0 Å². The Morgan fingerprint density at radius 1 is 1.56 bits per heavy atom. The molecule has 0 saturated carbocycles. The number of nitriles is 1. The number of likely N-dealkylation sites (N-methyl/N-ethyl adjacent to an activating group) is 1. The van der Waals surface area contributed by atoms with E-state index in [1.165, 1.54) is 0 Å². The largest absolute Gasteiger partial charge is 0.324 e. The van der Waals surface area contributed by atoms with Crippen molar-refractivity contribution in [1.29, 1.82) is 5.26 Å². The van der Waals surface area contributed by atoms with Crippen LogP contribution in [0.5, 0.6) is 0 Å². The number of nitrogens with zero attached hydrogens (tertiary/aromatic N) is 1. The molecule has 0 aromatic heterocycles. The molecule has 0 heterocycles. The molecule has 1 aromatic rings. The van der Waals surface area contributed by atoms with Gasteiger partial charge in [0.25, 0.3) is 0 Å². The molecule has 1 aromatic carbocycles. The summed E-state index contributed by atoms with van der Waals surface area (Å²) < 4.78 is 0.705. The van der Waals surface area contributed by atoms with Crippen molar-refractivity contribution in [2.45, 2.75) is 6.92 Å². The predicted octanol–water partition coefficient (Wildman–Crippen LogP) is 1.87. The molecule has 1 amide bonds. The SMILES string of the molecule is CCNCC(=O)Nc1ccc(C#N)cc1Br. The molecule has 0 spiro atoms. The van der Waals surface area contributed by atoms with Gasteiger partial charge in [-0.05, 0) is 40.7 Å². The molecule has 0 atom stereocenters. The monoisotopic (exact) mass is 281 g/mol. The minimum atomic E-state index is -0.104. The van der Waals surface area contributed by atoms with Crippen LogP contribution in [0.4, 0.5) is 5.69 Å². The fourth-order valence-electron chi connectivity index (χ4n) is 1.12. The highest BCUT2D eigenvalue weighted by molar-refractivity contribution is 9.10. The average Bonchev–Trinajstić information content (AvgIpc) is 2.29. The van der Waals surface area contributed by atoms with Crippen LogP contribution in [0.2, 0.25) is 0 Å². The molecule has 0 unspecified atom stereocenters. The second-order valence-electron chi connectivity index (χ2n) is 3.13. The molecule has 16 heavy (non-hydrogen) atoms. The van der Waals surface area contributed by atoms with Crippen molar-refractivity contribution >= 4 is 27.5 Å². The summed E-state index contributed by atoms with van der Waals surface area (Å²) in [5.41, 5.74) is 1.22. The van der Waals surface area contributed by atoms with Gasteiger partial charge in [0.2, 0.25) is 5.91 Å². The quantitative estimate of drug-likeness (QED) is 0.886. The van der Waals surface area contributed by atoms with Crippen molar-refractivity contribution in [3.63, 3.8) is 0 Å². The van der Waals surface area contributed by atoms with Crippen molar-refractivity contribution < 1.29 is 4.79 Å². The van der Waals surface area contributed by atoms with Crippen molar-refractivity contribution in [2.24, 2.45) is 0 Å². The fraction of sp³-hybridized carbons (Fsp3) is 0.273. The summed E-state index contributed by atoms with van der Waals surface area (Å²) >= 11 is 3.30. The Morgan fingerprint density at radius 3 is 2.88 bits per heavy atom. The number of anilines is 1. The molecule has 1 rings (SSSR count). The zero-order valence-corrected chi connectivity index (χ0v) is 10.5. The van der Waals surface area contributed by atoms with Gasteiger partial charge in [-0.3, -0.25) is 4.79 Å². The van der Waals surface area contributed by atoms with Gasteiger partial charge in [0, 0.05) is 4.47 Å². The lowest BCUT2D eigenvalue weighted by Crippen LogP contribution is -2.27. The second-order valence-corrected chi connectivity index (χ2v) is 3.99. The van der Waals surface area contributed by atoms with E-state index in [0.29, 0.717) is 15.7 Å². The number of amides is 1. The van der Waals surface area contributed by atoms with Crippen LogP contribution in [0.15, 0.2) is 22.7 Å². The third kappa shape index (κ3) is 3.65. The number of carbonyl (C=O) groups is 1.